The number of carboxylic acids is 1. The van der Waals surface area contributed by atoms with Gasteiger partial charge in [0.15, 0.2) is 0 Å². The second kappa shape index (κ2) is 21.7. The van der Waals surface area contributed by atoms with Crippen molar-refractivity contribution in [3.8, 4) is 40.2 Å². The molecule has 1 unspecified atom stereocenters. The maximum atomic E-state index is 12.7. The molecule has 1 aliphatic rings. The zero-order chi connectivity index (χ0) is 44.8. The molecule has 0 spiro atoms. The maximum Gasteiger partial charge on any atom is 0.415 e. The number of aromatic nitrogens is 2. The topological polar surface area (TPSA) is 158 Å². The van der Waals surface area contributed by atoms with Gasteiger partial charge in [-0.2, -0.15) is 0 Å². The number of aliphatic carboxylic acids is 1. The normalized spacial score (nSPS) is 13.7. The predicted molar refractivity (Wildman–Crippen MR) is 241 cm³/mol. The SMILES string of the molecule is Cc1oc(-c2ccccc2)nc1CCOc1cccc(C=O)c1.Cc1oc(-c2ccccc2)nc1CCOc1cccc(CN2CCN(C(=O)Oc3ccc(Cl)cc3)CC2C(=O)O)c1. The van der Waals surface area contributed by atoms with Gasteiger partial charge in [0.2, 0.25) is 11.8 Å². The molecule has 328 valence electrons. The smallest absolute Gasteiger partial charge is 0.415 e. The van der Waals surface area contributed by atoms with Gasteiger partial charge in [0, 0.05) is 54.2 Å². The summed E-state index contributed by atoms with van der Waals surface area (Å²) >= 11 is 5.88. The van der Waals surface area contributed by atoms with Crippen LogP contribution in [-0.2, 0) is 24.2 Å². The quantitative estimate of drug-likeness (QED) is 0.0974. The van der Waals surface area contributed by atoms with Crippen LogP contribution in [0.1, 0.15) is 38.8 Å². The summed E-state index contributed by atoms with van der Waals surface area (Å²) in [5, 5.41) is 10.4. The number of nitrogens with zero attached hydrogens (tertiary/aromatic N) is 4. The van der Waals surface area contributed by atoms with Crippen LogP contribution >= 0.6 is 11.6 Å². The Bertz CT molecular complexity index is 2630. The molecule has 1 aliphatic heterocycles. The highest BCUT2D eigenvalue weighted by Gasteiger charge is 2.35. The van der Waals surface area contributed by atoms with E-state index in [1.165, 1.54) is 4.90 Å². The number of rotatable bonds is 15. The molecule has 5 aromatic carbocycles. The van der Waals surface area contributed by atoms with Crippen LogP contribution in [0, 0.1) is 13.8 Å². The molecular formula is C50H47ClN4O9. The second-order valence-corrected chi connectivity index (χ2v) is 15.3. The number of piperazine rings is 1. The van der Waals surface area contributed by atoms with Crippen LogP contribution in [-0.4, -0.2) is 82.1 Å². The highest BCUT2D eigenvalue weighted by Crippen LogP contribution is 2.25. The fraction of sp³-hybridized carbons (Fsp3) is 0.220. The van der Waals surface area contributed by atoms with Gasteiger partial charge in [-0.1, -0.05) is 72.3 Å². The third-order valence-corrected chi connectivity index (χ3v) is 10.6. The third kappa shape index (κ3) is 12.2. The summed E-state index contributed by atoms with van der Waals surface area (Å²) in [7, 11) is 0. The largest absolute Gasteiger partial charge is 0.493 e. The van der Waals surface area contributed by atoms with Crippen molar-refractivity contribution in [1.29, 1.82) is 0 Å². The van der Waals surface area contributed by atoms with Gasteiger partial charge in [0.1, 0.15) is 41.1 Å². The van der Waals surface area contributed by atoms with E-state index in [1.54, 1.807) is 42.5 Å². The molecular weight excluding hydrogens is 836 g/mol. The van der Waals surface area contributed by atoms with E-state index in [2.05, 4.69) is 9.97 Å². The van der Waals surface area contributed by atoms with E-state index in [0.29, 0.717) is 85.3 Å². The minimum atomic E-state index is -1.00. The Morgan fingerprint density at radius 2 is 1.28 bits per heavy atom. The summed E-state index contributed by atoms with van der Waals surface area (Å²) < 4.78 is 28.6. The van der Waals surface area contributed by atoms with Crippen LogP contribution in [0.4, 0.5) is 4.79 Å². The Hall–Kier alpha value is -7.22. The van der Waals surface area contributed by atoms with E-state index in [0.717, 1.165) is 45.9 Å². The van der Waals surface area contributed by atoms with Crippen LogP contribution in [0.5, 0.6) is 17.2 Å². The fourth-order valence-corrected chi connectivity index (χ4v) is 7.11. The molecule has 3 heterocycles. The van der Waals surface area contributed by atoms with Gasteiger partial charge < -0.3 is 33.1 Å². The highest BCUT2D eigenvalue weighted by molar-refractivity contribution is 6.30. The molecule has 2 aromatic heterocycles. The van der Waals surface area contributed by atoms with Crippen molar-refractivity contribution in [3.05, 3.63) is 173 Å². The lowest BCUT2D eigenvalue weighted by atomic mass is 10.1. The number of hydrogen-bond donors (Lipinski definition) is 1. The Morgan fingerprint density at radius 3 is 1.84 bits per heavy atom. The Morgan fingerprint density at radius 1 is 0.719 bits per heavy atom. The monoisotopic (exact) mass is 882 g/mol. The molecule has 1 N–H and O–H groups in total. The number of aryl methyl sites for hydroxylation is 2. The van der Waals surface area contributed by atoms with Gasteiger partial charge in [0.25, 0.3) is 0 Å². The summed E-state index contributed by atoms with van der Waals surface area (Å²) in [6.45, 7) is 5.83. The number of carbonyl (C=O) groups excluding carboxylic acids is 2. The van der Waals surface area contributed by atoms with Crippen molar-refractivity contribution in [1.82, 2.24) is 19.8 Å². The lowest BCUT2D eigenvalue weighted by molar-refractivity contribution is -0.145. The Balaban J connectivity index is 0.000000225. The molecule has 1 atom stereocenters. The lowest BCUT2D eigenvalue weighted by Crippen LogP contribution is -2.57. The summed E-state index contributed by atoms with van der Waals surface area (Å²) in [4.78, 5) is 48.0. The third-order valence-electron chi connectivity index (χ3n) is 10.4. The summed E-state index contributed by atoms with van der Waals surface area (Å²) in [5.41, 5.74) is 5.13. The van der Waals surface area contributed by atoms with E-state index in [9.17, 15) is 19.5 Å². The number of halogens is 1. The van der Waals surface area contributed by atoms with Crippen LogP contribution in [0.2, 0.25) is 5.02 Å². The molecule has 0 aliphatic carbocycles. The zero-order valence-corrected chi connectivity index (χ0v) is 36.1. The van der Waals surface area contributed by atoms with Gasteiger partial charge in [-0.05, 0) is 92.2 Å². The van der Waals surface area contributed by atoms with Crippen LogP contribution in [0.3, 0.4) is 0 Å². The number of aldehydes is 1. The molecule has 14 heteroatoms. The summed E-state index contributed by atoms with van der Waals surface area (Å²) in [6.07, 6.45) is 1.45. The van der Waals surface area contributed by atoms with E-state index >= 15 is 0 Å². The molecule has 0 bridgehead atoms. The standard InChI is InChI=1S/C31H30ClN3O6.C19H17NO3/c1-21-27(33-29(40-21)23-7-3-2-4-8-23)14-17-39-26-9-5-6-22(18-26)19-34-15-16-35(20-28(34)30(36)37)31(38)41-25-12-10-24(32)11-13-25;1-14-18(20-19(23-14)16-7-3-2-4-8-16)10-11-22-17-9-5-6-15(12-17)13-21/h2-13,18,28H,14-17,19-20H2,1H3,(H,36,37);2-9,12-13H,10-11H2,1H3. The molecule has 0 saturated carbocycles. The Labute approximate surface area is 375 Å². The van der Waals surface area contributed by atoms with Crippen molar-refractivity contribution in [2.45, 2.75) is 39.3 Å². The zero-order valence-electron chi connectivity index (χ0n) is 35.4. The highest BCUT2D eigenvalue weighted by atomic mass is 35.5. The van der Waals surface area contributed by atoms with Crippen molar-refractivity contribution in [2.75, 3.05) is 32.8 Å². The van der Waals surface area contributed by atoms with Crippen molar-refractivity contribution >= 4 is 29.9 Å². The van der Waals surface area contributed by atoms with Crippen LogP contribution in [0.25, 0.3) is 22.9 Å². The molecule has 1 saturated heterocycles. The molecule has 1 fully saturated rings. The minimum absolute atomic E-state index is 0.0139. The molecule has 8 rings (SSSR count). The van der Waals surface area contributed by atoms with Gasteiger partial charge in [-0.25, -0.2) is 14.8 Å². The average molecular weight is 883 g/mol. The minimum Gasteiger partial charge on any atom is -0.493 e. The molecule has 7 aromatic rings. The number of oxazole rings is 2. The summed E-state index contributed by atoms with van der Waals surface area (Å²) in [6, 6.07) is 39.8. The molecule has 1 amide bonds. The fourth-order valence-electron chi connectivity index (χ4n) is 6.98. The lowest BCUT2D eigenvalue weighted by Gasteiger charge is -2.38. The number of ether oxygens (including phenoxy) is 3. The van der Waals surface area contributed by atoms with E-state index < -0.39 is 18.1 Å². The van der Waals surface area contributed by atoms with Crippen LogP contribution in [0.15, 0.2) is 142 Å². The van der Waals surface area contributed by atoms with Gasteiger partial charge in [-0.15, -0.1) is 0 Å². The maximum absolute atomic E-state index is 12.7. The molecule has 0 radical (unpaired) electrons. The van der Waals surface area contributed by atoms with E-state index in [4.69, 9.17) is 34.6 Å². The first-order valence-corrected chi connectivity index (χ1v) is 21.1. The van der Waals surface area contributed by atoms with Gasteiger partial charge in [0.05, 0.1) is 31.1 Å². The number of benzene rings is 5. The van der Waals surface area contributed by atoms with E-state index in [1.807, 2.05) is 110 Å². The van der Waals surface area contributed by atoms with Crippen LogP contribution < -0.4 is 14.2 Å². The van der Waals surface area contributed by atoms with Crippen molar-refractivity contribution < 1.29 is 42.5 Å². The first-order valence-electron chi connectivity index (χ1n) is 20.7. The van der Waals surface area contributed by atoms with Crippen molar-refractivity contribution in [2.24, 2.45) is 0 Å². The van der Waals surface area contributed by atoms with E-state index in [-0.39, 0.29) is 6.54 Å². The second-order valence-electron chi connectivity index (χ2n) is 14.9. The first-order chi connectivity index (χ1) is 31.1. The molecule has 13 nitrogen and oxygen atoms in total. The predicted octanol–water partition coefficient (Wildman–Crippen LogP) is 9.78. The Kier molecular flexibility index (Phi) is 15.2. The van der Waals surface area contributed by atoms with Crippen molar-refractivity contribution in [3.63, 3.8) is 0 Å². The molecule has 64 heavy (non-hydrogen) atoms. The van der Waals surface area contributed by atoms with Gasteiger partial charge in [-0.3, -0.25) is 14.5 Å². The number of hydrogen-bond acceptors (Lipinski definition) is 11. The van der Waals surface area contributed by atoms with Gasteiger partial charge >= 0.3 is 12.1 Å². The number of carboxylic acid groups (broad SMARTS) is 1. The number of carbonyl (C=O) groups is 3. The first kappa shape index (κ1) is 44.8. The summed E-state index contributed by atoms with van der Waals surface area (Å²) in [5.74, 6) is 3.49. The average Bonchev–Trinajstić information content (AvgIpc) is 3.89. The number of amides is 1.